The summed E-state index contributed by atoms with van der Waals surface area (Å²) in [6.45, 7) is 4.24. The number of likely N-dealkylation sites (N-methyl/N-ethyl adjacent to an activating group) is 1. The van der Waals surface area contributed by atoms with Gasteiger partial charge in [-0.1, -0.05) is 42.0 Å². The van der Waals surface area contributed by atoms with Gasteiger partial charge >= 0.3 is 0 Å². The molecule has 3 amide bonds. The molecule has 0 saturated carbocycles. The Bertz CT molecular complexity index is 1240. The lowest BCUT2D eigenvalue weighted by Gasteiger charge is -2.40. The Labute approximate surface area is 196 Å². The van der Waals surface area contributed by atoms with Crippen LogP contribution in [0, 0.1) is 12.7 Å². The summed E-state index contributed by atoms with van der Waals surface area (Å²) in [6, 6.07) is 15.0. The summed E-state index contributed by atoms with van der Waals surface area (Å²) in [5, 5.41) is 9.92. The second-order valence-electron chi connectivity index (χ2n) is 8.69. The van der Waals surface area contributed by atoms with E-state index in [1.54, 1.807) is 26.1 Å². The van der Waals surface area contributed by atoms with Crippen molar-refractivity contribution in [2.45, 2.75) is 39.0 Å². The fourth-order valence-corrected chi connectivity index (χ4v) is 3.79. The topological polar surface area (TPSA) is 96.3 Å². The molecule has 1 unspecified atom stereocenters. The quantitative estimate of drug-likeness (QED) is 0.587. The molecule has 0 spiro atoms. The fraction of sp³-hybridized carbons (Fsp3) is 0.280. The molecule has 8 nitrogen and oxygen atoms in total. The Hall–Kier alpha value is -4.01. The van der Waals surface area contributed by atoms with Crippen molar-refractivity contribution < 1.29 is 18.8 Å². The van der Waals surface area contributed by atoms with Crippen LogP contribution >= 0.6 is 0 Å². The highest BCUT2D eigenvalue weighted by atomic mass is 19.1. The summed E-state index contributed by atoms with van der Waals surface area (Å²) in [5.41, 5.74) is 1.95. The molecular formula is C25H26FN5O3. The van der Waals surface area contributed by atoms with Crippen LogP contribution in [0.5, 0.6) is 0 Å². The van der Waals surface area contributed by atoms with Crippen LogP contribution in [-0.2, 0) is 24.4 Å². The van der Waals surface area contributed by atoms with E-state index in [9.17, 15) is 18.8 Å². The predicted molar refractivity (Wildman–Crippen MR) is 123 cm³/mol. The molecule has 1 aliphatic heterocycles. The Morgan fingerprint density at radius 3 is 2.26 bits per heavy atom. The summed E-state index contributed by atoms with van der Waals surface area (Å²) in [6.07, 6.45) is 0. The van der Waals surface area contributed by atoms with E-state index in [0.29, 0.717) is 6.54 Å². The SMILES string of the molecule is Cc1ccc(CNC(=O)c2cc3n(n2)CC(C)(C(=O)NCc2ccc(F)cc2)N(C)C3=O)cc1. The number of carbonyl (C=O) groups is 3. The molecule has 2 N–H and O–H groups in total. The van der Waals surface area contributed by atoms with Gasteiger partial charge in [-0.25, -0.2) is 4.39 Å². The highest BCUT2D eigenvalue weighted by molar-refractivity contribution is 6.01. The first kappa shape index (κ1) is 23.2. The maximum absolute atomic E-state index is 13.1. The van der Waals surface area contributed by atoms with Crippen molar-refractivity contribution in [2.75, 3.05) is 7.05 Å². The van der Waals surface area contributed by atoms with Gasteiger partial charge in [0.25, 0.3) is 11.8 Å². The first-order chi connectivity index (χ1) is 16.2. The van der Waals surface area contributed by atoms with E-state index in [1.165, 1.54) is 27.8 Å². The van der Waals surface area contributed by atoms with E-state index in [2.05, 4.69) is 15.7 Å². The van der Waals surface area contributed by atoms with Crippen molar-refractivity contribution in [3.05, 3.63) is 88.5 Å². The van der Waals surface area contributed by atoms with Gasteiger partial charge in [0.2, 0.25) is 5.91 Å². The van der Waals surface area contributed by atoms with Crippen molar-refractivity contribution >= 4 is 17.7 Å². The van der Waals surface area contributed by atoms with Crippen molar-refractivity contribution in [1.82, 2.24) is 25.3 Å². The molecule has 1 aromatic heterocycles. The van der Waals surface area contributed by atoms with Crippen LogP contribution in [0.2, 0.25) is 0 Å². The van der Waals surface area contributed by atoms with Gasteiger partial charge in [0.05, 0.1) is 6.54 Å². The molecule has 1 aliphatic rings. The predicted octanol–water partition coefficient (Wildman–Crippen LogP) is 2.42. The van der Waals surface area contributed by atoms with E-state index >= 15 is 0 Å². The second kappa shape index (κ2) is 9.09. The molecule has 176 valence electrons. The molecule has 9 heteroatoms. The lowest BCUT2D eigenvalue weighted by molar-refractivity contribution is -0.132. The van der Waals surface area contributed by atoms with Crippen molar-refractivity contribution in [3.63, 3.8) is 0 Å². The van der Waals surface area contributed by atoms with Gasteiger partial charge in [0, 0.05) is 26.2 Å². The standard InChI is InChI=1S/C25H26FN5O3/c1-16-4-6-17(7-5-16)13-27-22(32)20-12-21-23(33)30(3)25(2,15-31(21)29-20)24(34)28-14-18-8-10-19(26)11-9-18/h4-12H,13-15H2,1-3H3,(H,27,32)(H,28,34). The monoisotopic (exact) mass is 463 g/mol. The molecule has 1 atom stereocenters. The van der Waals surface area contributed by atoms with Crippen LogP contribution in [0.4, 0.5) is 4.39 Å². The molecule has 2 heterocycles. The highest BCUT2D eigenvalue weighted by Gasteiger charge is 2.46. The normalized spacial score (nSPS) is 17.3. The van der Waals surface area contributed by atoms with Crippen LogP contribution in [0.25, 0.3) is 0 Å². The number of fused-ring (bicyclic) bond motifs is 1. The van der Waals surface area contributed by atoms with E-state index in [4.69, 9.17) is 0 Å². The van der Waals surface area contributed by atoms with Gasteiger partial charge in [-0.3, -0.25) is 19.1 Å². The Balaban J connectivity index is 1.46. The Morgan fingerprint density at radius 1 is 1.03 bits per heavy atom. The zero-order chi connectivity index (χ0) is 24.5. The van der Waals surface area contributed by atoms with Gasteiger partial charge in [0.15, 0.2) is 5.69 Å². The summed E-state index contributed by atoms with van der Waals surface area (Å²) in [5.74, 6) is -1.54. The highest BCUT2D eigenvalue weighted by Crippen LogP contribution is 2.26. The lowest BCUT2D eigenvalue weighted by Crippen LogP contribution is -2.62. The molecule has 0 bridgehead atoms. The average molecular weight is 464 g/mol. The third-order valence-electron chi connectivity index (χ3n) is 6.16. The van der Waals surface area contributed by atoms with Crippen LogP contribution < -0.4 is 10.6 Å². The number of carbonyl (C=O) groups excluding carboxylic acids is 3. The van der Waals surface area contributed by atoms with Crippen molar-refractivity contribution in [1.29, 1.82) is 0 Å². The van der Waals surface area contributed by atoms with Crippen molar-refractivity contribution in [2.24, 2.45) is 0 Å². The molecule has 34 heavy (non-hydrogen) atoms. The maximum Gasteiger partial charge on any atom is 0.272 e. The largest absolute Gasteiger partial charge is 0.350 e. The van der Waals surface area contributed by atoms with E-state index < -0.39 is 17.4 Å². The summed E-state index contributed by atoms with van der Waals surface area (Å²) >= 11 is 0. The van der Waals surface area contributed by atoms with Gasteiger partial charge in [-0.05, 0) is 37.1 Å². The maximum atomic E-state index is 13.1. The van der Waals surface area contributed by atoms with E-state index in [0.717, 1.165) is 16.7 Å². The molecule has 3 aromatic rings. The van der Waals surface area contributed by atoms with Gasteiger partial charge in [0.1, 0.15) is 17.1 Å². The molecule has 0 saturated heterocycles. The third kappa shape index (κ3) is 4.54. The zero-order valence-corrected chi connectivity index (χ0v) is 19.3. The Morgan fingerprint density at radius 2 is 1.62 bits per heavy atom. The number of halogens is 1. The number of aryl methyl sites for hydroxylation is 1. The van der Waals surface area contributed by atoms with Crippen LogP contribution in [0.1, 0.15) is 44.6 Å². The molecule has 2 aromatic carbocycles. The number of hydrogen-bond donors (Lipinski definition) is 2. The van der Waals surface area contributed by atoms with Gasteiger partial charge < -0.3 is 15.5 Å². The lowest BCUT2D eigenvalue weighted by atomic mass is 9.96. The number of hydrogen-bond acceptors (Lipinski definition) is 4. The van der Waals surface area contributed by atoms with Gasteiger partial charge in [-0.2, -0.15) is 5.10 Å². The van der Waals surface area contributed by atoms with Crippen LogP contribution in [0.15, 0.2) is 54.6 Å². The molecule has 4 rings (SSSR count). The fourth-order valence-electron chi connectivity index (χ4n) is 3.79. The second-order valence-corrected chi connectivity index (χ2v) is 8.69. The summed E-state index contributed by atoms with van der Waals surface area (Å²) < 4.78 is 14.5. The minimum Gasteiger partial charge on any atom is -0.350 e. The van der Waals surface area contributed by atoms with E-state index in [1.807, 2.05) is 31.2 Å². The minimum atomic E-state index is -1.22. The number of aromatic nitrogens is 2. The van der Waals surface area contributed by atoms with E-state index in [-0.39, 0.29) is 36.2 Å². The number of rotatable bonds is 6. The van der Waals surface area contributed by atoms with Crippen LogP contribution in [0.3, 0.4) is 0 Å². The first-order valence-corrected chi connectivity index (χ1v) is 10.9. The number of nitrogens with zero attached hydrogens (tertiary/aromatic N) is 3. The number of benzene rings is 2. The van der Waals surface area contributed by atoms with Crippen LogP contribution in [-0.4, -0.2) is 45.0 Å². The summed E-state index contributed by atoms with van der Waals surface area (Å²) in [4.78, 5) is 40.1. The third-order valence-corrected chi connectivity index (χ3v) is 6.16. The number of nitrogens with one attached hydrogen (secondary N) is 2. The average Bonchev–Trinajstić information content (AvgIpc) is 3.25. The summed E-state index contributed by atoms with van der Waals surface area (Å²) in [7, 11) is 1.55. The van der Waals surface area contributed by atoms with Gasteiger partial charge in [-0.15, -0.1) is 0 Å². The Kier molecular flexibility index (Phi) is 6.19. The smallest absolute Gasteiger partial charge is 0.272 e. The minimum absolute atomic E-state index is 0.0884. The number of amides is 3. The zero-order valence-electron chi connectivity index (χ0n) is 19.3. The van der Waals surface area contributed by atoms with Crippen molar-refractivity contribution in [3.8, 4) is 0 Å². The molecular weight excluding hydrogens is 437 g/mol. The molecule has 0 radical (unpaired) electrons. The molecule has 0 fully saturated rings. The molecule has 0 aliphatic carbocycles. The first-order valence-electron chi connectivity index (χ1n) is 10.9.